The van der Waals surface area contributed by atoms with Gasteiger partial charge in [-0.3, -0.25) is 4.79 Å². The third kappa shape index (κ3) is 5.84. The number of alkyl halides is 3. The van der Waals surface area contributed by atoms with Crippen LogP contribution in [0.2, 0.25) is 0 Å². The second kappa shape index (κ2) is 9.33. The summed E-state index contributed by atoms with van der Waals surface area (Å²) < 4.78 is 48.1. The number of hydrogen-bond acceptors (Lipinski definition) is 5. The number of carbonyl (C=O) groups excluding carboxylic acids is 2. The topological polar surface area (TPSA) is 82.5 Å². The van der Waals surface area contributed by atoms with Gasteiger partial charge in [0.2, 0.25) is 0 Å². The average molecular weight is 433 g/mol. The zero-order valence-corrected chi connectivity index (χ0v) is 16.3. The zero-order valence-electron chi connectivity index (χ0n) is 16.3. The highest BCUT2D eigenvalue weighted by Crippen LogP contribution is 2.26. The summed E-state index contributed by atoms with van der Waals surface area (Å²) in [5, 5.41) is 6.09. The fourth-order valence-corrected chi connectivity index (χ4v) is 2.66. The van der Waals surface area contributed by atoms with Crippen molar-refractivity contribution < 1.29 is 32.2 Å². The van der Waals surface area contributed by atoms with E-state index in [1.165, 1.54) is 18.0 Å². The van der Waals surface area contributed by atoms with Gasteiger partial charge in [0.25, 0.3) is 5.91 Å². The van der Waals surface area contributed by atoms with Crippen molar-refractivity contribution in [3.05, 3.63) is 66.4 Å². The van der Waals surface area contributed by atoms with Gasteiger partial charge in [-0.25, -0.2) is 9.48 Å². The van der Waals surface area contributed by atoms with Crippen LogP contribution < -0.4 is 10.1 Å². The number of rotatable bonds is 7. The molecule has 0 aliphatic heterocycles. The summed E-state index contributed by atoms with van der Waals surface area (Å²) in [6.45, 7) is -2.36. The molecule has 0 saturated heterocycles. The number of aromatic nitrogens is 2. The van der Waals surface area contributed by atoms with Crippen LogP contribution in [-0.4, -0.2) is 48.1 Å². The monoisotopic (exact) mass is 433 g/mol. The summed E-state index contributed by atoms with van der Waals surface area (Å²) in [5.74, 6) is -1.35. The maximum Gasteiger partial charge on any atom is 0.405 e. The Labute approximate surface area is 175 Å². The molecule has 0 spiro atoms. The predicted octanol–water partition coefficient (Wildman–Crippen LogP) is 3.38. The molecule has 162 valence electrons. The van der Waals surface area contributed by atoms with E-state index in [2.05, 4.69) is 5.10 Å². The fraction of sp³-hybridized carbons (Fsp3) is 0.190. The second-order valence-corrected chi connectivity index (χ2v) is 6.37. The van der Waals surface area contributed by atoms with E-state index in [9.17, 15) is 22.8 Å². The highest BCUT2D eigenvalue weighted by molar-refractivity contribution is 5.97. The van der Waals surface area contributed by atoms with Crippen LogP contribution in [0.3, 0.4) is 0 Å². The van der Waals surface area contributed by atoms with Crippen molar-refractivity contribution in [3.63, 3.8) is 0 Å². The first-order valence-corrected chi connectivity index (χ1v) is 9.07. The molecule has 3 aromatic rings. The van der Waals surface area contributed by atoms with Crippen molar-refractivity contribution in [2.45, 2.75) is 6.18 Å². The predicted molar refractivity (Wildman–Crippen MR) is 105 cm³/mol. The first-order chi connectivity index (χ1) is 14.8. The molecule has 7 nitrogen and oxygen atoms in total. The van der Waals surface area contributed by atoms with Gasteiger partial charge in [0.05, 0.1) is 12.8 Å². The van der Waals surface area contributed by atoms with Crippen LogP contribution >= 0.6 is 0 Å². The summed E-state index contributed by atoms with van der Waals surface area (Å²) in [6, 6.07) is 15.8. The number of hydrogen-bond donors (Lipinski definition) is 1. The first-order valence-electron chi connectivity index (χ1n) is 9.07. The molecule has 1 amide bonds. The van der Waals surface area contributed by atoms with Gasteiger partial charge in [-0.15, -0.1) is 0 Å². The van der Waals surface area contributed by atoms with Gasteiger partial charge in [0.15, 0.2) is 6.61 Å². The van der Waals surface area contributed by atoms with Gasteiger partial charge in [-0.1, -0.05) is 18.2 Å². The van der Waals surface area contributed by atoms with Crippen LogP contribution in [0.15, 0.2) is 60.8 Å². The Kier molecular flexibility index (Phi) is 6.58. The number of methoxy groups -OCH3 is 1. The van der Waals surface area contributed by atoms with Crippen LogP contribution in [0.25, 0.3) is 16.9 Å². The summed E-state index contributed by atoms with van der Waals surface area (Å²) in [6.07, 6.45) is -3.12. The van der Waals surface area contributed by atoms with Crippen molar-refractivity contribution in [2.24, 2.45) is 0 Å². The lowest BCUT2D eigenvalue weighted by Gasteiger charge is -2.09. The number of amides is 1. The largest absolute Gasteiger partial charge is 0.497 e. The molecule has 0 saturated carbocycles. The van der Waals surface area contributed by atoms with E-state index in [0.717, 1.165) is 0 Å². The molecular weight excluding hydrogens is 415 g/mol. The Morgan fingerprint density at radius 3 is 2.35 bits per heavy atom. The summed E-state index contributed by atoms with van der Waals surface area (Å²) in [5.41, 5.74) is 1.60. The normalized spacial score (nSPS) is 11.1. The van der Waals surface area contributed by atoms with Gasteiger partial charge < -0.3 is 14.8 Å². The third-order valence-electron chi connectivity index (χ3n) is 4.14. The van der Waals surface area contributed by atoms with Crippen LogP contribution in [0, 0.1) is 0 Å². The number of benzene rings is 2. The molecule has 0 aliphatic rings. The van der Waals surface area contributed by atoms with Gasteiger partial charge in [-0.05, 0) is 36.4 Å². The first kappa shape index (κ1) is 21.9. The van der Waals surface area contributed by atoms with E-state index in [0.29, 0.717) is 17.0 Å². The summed E-state index contributed by atoms with van der Waals surface area (Å²) >= 11 is 0. The van der Waals surface area contributed by atoms with E-state index in [1.807, 2.05) is 6.07 Å². The number of para-hydroxylation sites is 1. The maximum absolute atomic E-state index is 12.6. The number of ether oxygens (including phenoxy) is 2. The average Bonchev–Trinajstić information content (AvgIpc) is 3.22. The lowest BCUT2D eigenvalue weighted by molar-refractivity contribution is -0.140. The molecule has 31 heavy (non-hydrogen) atoms. The molecule has 1 aromatic heterocycles. The number of esters is 1. The Balaban J connectivity index is 1.84. The molecule has 0 unspecified atom stereocenters. The lowest BCUT2D eigenvalue weighted by atomic mass is 10.1. The lowest BCUT2D eigenvalue weighted by Crippen LogP contribution is -2.36. The Morgan fingerprint density at radius 2 is 1.74 bits per heavy atom. The molecule has 0 radical (unpaired) electrons. The minimum absolute atomic E-state index is 0.0534. The van der Waals surface area contributed by atoms with Crippen molar-refractivity contribution in [1.29, 1.82) is 0 Å². The summed E-state index contributed by atoms with van der Waals surface area (Å²) in [4.78, 5) is 24.2. The van der Waals surface area contributed by atoms with E-state index in [1.54, 1.807) is 53.8 Å². The van der Waals surface area contributed by atoms with Crippen molar-refractivity contribution >= 4 is 11.9 Å². The van der Waals surface area contributed by atoms with Gasteiger partial charge in [0, 0.05) is 11.8 Å². The highest BCUT2D eigenvalue weighted by atomic mass is 19.4. The molecule has 1 heterocycles. The van der Waals surface area contributed by atoms with Crippen molar-refractivity contribution in [2.75, 3.05) is 20.3 Å². The molecule has 0 aliphatic carbocycles. The maximum atomic E-state index is 12.6. The Morgan fingerprint density at radius 1 is 1.06 bits per heavy atom. The number of nitrogens with one attached hydrogen (secondary N) is 1. The molecule has 1 N–H and O–H groups in total. The van der Waals surface area contributed by atoms with E-state index < -0.39 is 31.2 Å². The molecule has 0 bridgehead atoms. The zero-order chi connectivity index (χ0) is 22.4. The second-order valence-electron chi connectivity index (χ2n) is 6.37. The minimum atomic E-state index is -4.56. The molecular formula is C21H18F3N3O4. The molecule has 2 aromatic carbocycles. The van der Waals surface area contributed by atoms with Crippen LogP contribution in [-0.2, 0) is 9.53 Å². The van der Waals surface area contributed by atoms with Gasteiger partial charge >= 0.3 is 12.1 Å². The molecule has 0 atom stereocenters. The SMILES string of the molecule is COc1ccc(-c2nn(-c3ccccc3)cc2C(=O)OCC(=O)NCC(F)(F)F)cc1. The fourth-order valence-electron chi connectivity index (χ4n) is 2.66. The third-order valence-corrected chi connectivity index (χ3v) is 4.14. The standard InChI is InChI=1S/C21H18F3N3O4/c1-30-16-9-7-14(8-10-16)19-17(11-27(26-19)15-5-3-2-4-6-15)20(29)31-12-18(28)25-13-21(22,23)24/h2-11H,12-13H2,1H3,(H,25,28). The van der Waals surface area contributed by atoms with Crippen molar-refractivity contribution in [1.82, 2.24) is 15.1 Å². The number of carbonyl (C=O) groups is 2. The molecule has 0 fully saturated rings. The number of nitrogens with zero attached hydrogens (tertiary/aromatic N) is 2. The summed E-state index contributed by atoms with van der Waals surface area (Å²) in [7, 11) is 1.52. The van der Waals surface area contributed by atoms with Crippen LogP contribution in [0.4, 0.5) is 13.2 Å². The van der Waals surface area contributed by atoms with Gasteiger partial charge in [-0.2, -0.15) is 18.3 Å². The van der Waals surface area contributed by atoms with E-state index >= 15 is 0 Å². The molecule has 10 heteroatoms. The quantitative estimate of drug-likeness (QED) is 0.578. The molecule has 3 rings (SSSR count). The van der Waals surface area contributed by atoms with Gasteiger partial charge in [0.1, 0.15) is 23.6 Å². The van der Waals surface area contributed by atoms with Crippen LogP contribution in [0.5, 0.6) is 5.75 Å². The smallest absolute Gasteiger partial charge is 0.405 e. The Bertz CT molecular complexity index is 1050. The minimum Gasteiger partial charge on any atom is -0.497 e. The van der Waals surface area contributed by atoms with E-state index in [-0.39, 0.29) is 11.3 Å². The Hall–Kier alpha value is -3.82. The van der Waals surface area contributed by atoms with Crippen molar-refractivity contribution in [3.8, 4) is 22.7 Å². The van der Waals surface area contributed by atoms with E-state index in [4.69, 9.17) is 9.47 Å². The highest BCUT2D eigenvalue weighted by Gasteiger charge is 2.28. The number of halogens is 3. The van der Waals surface area contributed by atoms with Crippen LogP contribution in [0.1, 0.15) is 10.4 Å².